The summed E-state index contributed by atoms with van der Waals surface area (Å²) in [4.78, 5) is 21.7. The largest absolute Gasteiger partial charge is 0.295 e. The van der Waals surface area contributed by atoms with Crippen LogP contribution in [0.1, 0.15) is 70.7 Å². The number of carbonyl (C=O) groups is 2. The smallest absolute Gasteiger partial charge is 0.160 e. The maximum atomic E-state index is 10.9. The molecule has 48 heavy (non-hydrogen) atoms. The van der Waals surface area contributed by atoms with Gasteiger partial charge in [-0.15, -0.1) is 0 Å². The number of benzene rings is 6. The Morgan fingerprint density at radius 3 is 0.833 bits per heavy atom. The number of carbonyl (C=O) groups excluding carboxylic acids is 2. The summed E-state index contributed by atoms with van der Waals surface area (Å²) in [7, 11) is 0. The molecule has 0 bridgehead atoms. The molecule has 0 amide bonds. The third kappa shape index (κ3) is 15.3. The van der Waals surface area contributed by atoms with Gasteiger partial charge in [-0.1, -0.05) is 184 Å². The quantitative estimate of drug-likeness (QED) is 0.177. The minimum absolute atomic E-state index is 0.137. The summed E-state index contributed by atoms with van der Waals surface area (Å²) in [5, 5.41) is 0. The predicted octanol–water partition coefficient (Wildman–Crippen LogP) is 12.2. The molecule has 0 saturated heterocycles. The Hall–Kier alpha value is -5.34. The molecule has 0 aliphatic rings. The van der Waals surface area contributed by atoms with E-state index in [4.69, 9.17) is 0 Å². The van der Waals surface area contributed by atoms with E-state index < -0.39 is 0 Å². The Balaban J connectivity index is 0.000000210. The number of ketones is 2. The Kier molecular flexibility index (Phi) is 18.7. The summed E-state index contributed by atoms with van der Waals surface area (Å²) in [5.41, 5.74) is 9.12. The number of rotatable bonds is 5. The molecule has 0 saturated carbocycles. The van der Waals surface area contributed by atoms with Crippen molar-refractivity contribution in [3.63, 3.8) is 0 Å². The second kappa shape index (κ2) is 23.1. The zero-order chi connectivity index (χ0) is 35.0. The highest BCUT2D eigenvalue weighted by Crippen LogP contribution is 2.17. The van der Waals surface area contributed by atoms with Crippen molar-refractivity contribution in [3.8, 4) is 11.1 Å². The Morgan fingerprint density at radius 2 is 0.625 bits per heavy atom. The maximum Gasteiger partial charge on any atom is 0.160 e. The van der Waals surface area contributed by atoms with Gasteiger partial charge in [0.1, 0.15) is 0 Å². The first kappa shape index (κ1) is 38.8. The summed E-state index contributed by atoms with van der Waals surface area (Å²) in [6.07, 6.45) is 2.28. The normalized spacial score (nSPS) is 9.38. The van der Waals surface area contributed by atoms with E-state index in [1.165, 1.54) is 22.3 Å². The molecule has 2 nitrogen and oxygen atoms in total. The summed E-state index contributed by atoms with van der Waals surface area (Å²) >= 11 is 0. The molecule has 0 N–H and O–H groups in total. The molecule has 0 aliphatic carbocycles. The average Bonchev–Trinajstić information content (AvgIpc) is 3.14. The van der Waals surface area contributed by atoms with Crippen molar-refractivity contribution in [2.24, 2.45) is 0 Å². The molecule has 6 aromatic carbocycles. The second-order valence-corrected chi connectivity index (χ2v) is 11.2. The van der Waals surface area contributed by atoms with Crippen LogP contribution in [0.15, 0.2) is 170 Å². The molecule has 6 aromatic rings. The van der Waals surface area contributed by atoms with Crippen LogP contribution >= 0.6 is 0 Å². The Morgan fingerprint density at radius 1 is 0.375 bits per heavy atom. The fourth-order valence-corrected chi connectivity index (χ4v) is 4.62. The minimum atomic E-state index is 0.137. The first-order chi connectivity index (χ1) is 23.3. The fourth-order valence-electron chi connectivity index (χ4n) is 4.62. The highest BCUT2D eigenvalue weighted by atomic mass is 16.1. The molecule has 0 fully saturated rings. The van der Waals surface area contributed by atoms with E-state index in [9.17, 15) is 9.59 Å². The molecule has 0 heterocycles. The molecular weight excluding hydrogens is 585 g/mol. The third-order valence-electron chi connectivity index (χ3n) is 7.43. The maximum absolute atomic E-state index is 10.9. The molecule has 6 rings (SSSR count). The lowest BCUT2D eigenvalue weighted by atomic mass is 10.1. The van der Waals surface area contributed by atoms with Gasteiger partial charge in [-0.25, -0.2) is 0 Å². The number of Topliss-reactive ketones (excluding diaryl/α,β-unsaturated/α-hetero) is 2. The zero-order valence-electron chi connectivity index (χ0n) is 29.4. The Labute approximate surface area is 289 Å². The van der Waals surface area contributed by atoms with Crippen LogP contribution in [0.25, 0.3) is 11.1 Å². The van der Waals surface area contributed by atoms with Gasteiger partial charge < -0.3 is 0 Å². The standard InChI is InChI=1S/C12H10.2C9H10O.2C8H10/c1-3-7-11(8-4-1)12-9-5-2-6-10-12;2*1-7-5-3-4-6-9(7)8(2)10;2*1-2-8-6-4-3-5-7-8/h1-10H;2*3-6H,1-2H3;2*3-7H,2H2,1H3. The van der Waals surface area contributed by atoms with Gasteiger partial charge in [0.25, 0.3) is 0 Å². The molecular formula is C46H50O2. The van der Waals surface area contributed by atoms with Gasteiger partial charge in [-0.3, -0.25) is 9.59 Å². The monoisotopic (exact) mass is 634 g/mol. The molecule has 0 radical (unpaired) electrons. The lowest BCUT2D eigenvalue weighted by Gasteiger charge is -1.98. The first-order valence-corrected chi connectivity index (χ1v) is 16.6. The van der Waals surface area contributed by atoms with Gasteiger partial charge in [-0.2, -0.15) is 0 Å². The van der Waals surface area contributed by atoms with E-state index in [-0.39, 0.29) is 11.6 Å². The van der Waals surface area contributed by atoms with E-state index in [1.54, 1.807) is 13.8 Å². The molecule has 0 spiro atoms. The summed E-state index contributed by atoms with van der Waals surface area (Å²) in [6.45, 7) is 11.4. The van der Waals surface area contributed by atoms with Crippen LogP contribution in [0.2, 0.25) is 0 Å². The predicted molar refractivity (Wildman–Crippen MR) is 206 cm³/mol. The molecule has 246 valence electrons. The lowest BCUT2D eigenvalue weighted by molar-refractivity contribution is 0.100. The van der Waals surface area contributed by atoms with Crippen molar-refractivity contribution in [2.75, 3.05) is 0 Å². The van der Waals surface area contributed by atoms with Crippen molar-refractivity contribution in [1.29, 1.82) is 0 Å². The van der Waals surface area contributed by atoms with Crippen molar-refractivity contribution >= 4 is 11.6 Å². The van der Waals surface area contributed by atoms with Crippen molar-refractivity contribution in [1.82, 2.24) is 0 Å². The molecule has 0 unspecified atom stereocenters. The van der Waals surface area contributed by atoms with E-state index in [0.29, 0.717) is 0 Å². The molecule has 0 aliphatic heterocycles. The number of hydrogen-bond acceptors (Lipinski definition) is 2. The van der Waals surface area contributed by atoms with Crippen molar-refractivity contribution in [3.05, 3.63) is 203 Å². The third-order valence-corrected chi connectivity index (χ3v) is 7.43. The second-order valence-electron chi connectivity index (χ2n) is 11.2. The number of aryl methyl sites for hydroxylation is 4. The van der Waals surface area contributed by atoms with Crippen LogP contribution in [-0.4, -0.2) is 11.6 Å². The van der Waals surface area contributed by atoms with Gasteiger partial charge in [0, 0.05) is 11.1 Å². The zero-order valence-corrected chi connectivity index (χ0v) is 29.4. The van der Waals surface area contributed by atoms with Gasteiger partial charge in [0.2, 0.25) is 0 Å². The van der Waals surface area contributed by atoms with Gasteiger partial charge in [0.05, 0.1) is 0 Å². The first-order valence-electron chi connectivity index (χ1n) is 16.6. The van der Waals surface area contributed by atoms with E-state index in [2.05, 4.69) is 111 Å². The average molecular weight is 635 g/mol. The lowest BCUT2D eigenvalue weighted by Crippen LogP contribution is -1.93. The SMILES string of the molecule is CC(=O)c1ccccc1C.CC(=O)c1ccccc1C.CCc1ccccc1.CCc1ccccc1.c1ccc(-c2ccccc2)cc1. The molecule has 0 atom stereocenters. The minimum Gasteiger partial charge on any atom is -0.295 e. The van der Waals surface area contributed by atoms with Crippen LogP contribution in [-0.2, 0) is 12.8 Å². The van der Waals surface area contributed by atoms with E-state index in [1.807, 2.05) is 86.6 Å². The van der Waals surface area contributed by atoms with Crippen LogP contribution < -0.4 is 0 Å². The fraction of sp³-hybridized carbons (Fsp3) is 0.174. The van der Waals surface area contributed by atoms with E-state index >= 15 is 0 Å². The van der Waals surface area contributed by atoms with Gasteiger partial charge in [0.15, 0.2) is 11.6 Å². The highest BCUT2D eigenvalue weighted by molar-refractivity contribution is 5.95. The van der Waals surface area contributed by atoms with Crippen LogP contribution in [0.5, 0.6) is 0 Å². The summed E-state index contributed by atoms with van der Waals surface area (Å²) in [6, 6.07) is 56.9. The van der Waals surface area contributed by atoms with Crippen LogP contribution in [0, 0.1) is 13.8 Å². The summed E-state index contributed by atoms with van der Waals surface area (Å²) in [5.74, 6) is 0.274. The number of hydrogen-bond donors (Lipinski definition) is 0. The van der Waals surface area contributed by atoms with E-state index in [0.717, 1.165) is 35.1 Å². The Bertz CT molecular complexity index is 1590. The van der Waals surface area contributed by atoms with Gasteiger partial charge >= 0.3 is 0 Å². The van der Waals surface area contributed by atoms with Crippen molar-refractivity contribution in [2.45, 2.75) is 54.4 Å². The van der Waals surface area contributed by atoms with Crippen LogP contribution in [0.4, 0.5) is 0 Å². The van der Waals surface area contributed by atoms with Crippen molar-refractivity contribution < 1.29 is 9.59 Å². The molecule has 2 heteroatoms. The summed E-state index contributed by atoms with van der Waals surface area (Å²) < 4.78 is 0. The highest BCUT2D eigenvalue weighted by Gasteiger charge is 2.00. The van der Waals surface area contributed by atoms with Gasteiger partial charge in [-0.05, 0) is 73.9 Å². The molecule has 0 aromatic heterocycles. The topological polar surface area (TPSA) is 34.1 Å². The van der Waals surface area contributed by atoms with Crippen LogP contribution in [0.3, 0.4) is 0 Å².